The Morgan fingerprint density at radius 1 is 0.857 bits per heavy atom. The smallest absolute Gasteiger partial charge is 0.170 e. The molecule has 0 amide bonds. The van der Waals surface area contributed by atoms with E-state index in [4.69, 9.17) is 0 Å². The first-order valence-corrected chi connectivity index (χ1v) is 9.02. The normalized spacial score (nSPS) is 45.1. The third-order valence-electron chi connectivity index (χ3n) is 6.93. The topological polar surface area (TPSA) is 0 Å². The molecule has 0 heterocycles. The van der Waals surface area contributed by atoms with Crippen molar-refractivity contribution in [2.45, 2.75) is 83.7 Å². The lowest BCUT2D eigenvalue weighted by molar-refractivity contribution is -0.288. The van der Waals surface area contributed by atoms with E-state index in [-0.39, 0.29) is 11.8 Å². The molecule has 3 heteroatoms. The highest BCUT2D eigenvalue weighted by molar-refractivity contribution is 5.04. The van der Waals surface area contributed by atoms with Crippen molar-refractivity contribution in [1.82, 2.24) is 0 Å². The number of alkyl halides is 3. The van der Waals surface area contributed by atoms with Crippen molar-refractivity contribution in [2.24, 2.45) is 29.1 Å². The van der Waals surface area contributed by atoms with E-state index < -0.39 is 11.6 Å². The summed E-state index contributed by atoms with van der Waals surface area (Å²) in [4.78, 5) is 0. The highest BCUT2D eigenvalue weighted by Gasteiger charge is 2.64. The Labute approximate surface area is 126 Å². The molecule has 0 aromatic heterocycles. The molecule has 0 spiro atoms. The van der Waals surface area contributed by atoms with Crippen LogP contribution >= 0.6 is 0 Å². The van der Waals surface area contributed by atoms with Gasteiger partial charge in [0.2, 0.25) is 0 Å². The molecule has 122 valence electrons. The molecule has 3 rings (SSSR count). The average Bonchev–Trinajstić information content (AvgIpc) is 2.45. The maximum Gasteiger partial charge on any atom is 0.395 e. The van der Waals surface area contributed by atoms with Gasteiger partial charge in [-0.1, -0.05) is 51.9 Å². The molecule has 0 bridgehead atoms. The van der Waals surface area contributed by atoms with Gasteiger partial charge in [-0.25, -0.2) is 0 Å². The van der Waals surface area contributed by atoms with Gasteiger partial charge in [-0.2, -0.15) is 13.2 Å². The standard InChI is InChI=1S/C18H29F3/c1-13-6-4-9-15(12-13)17(18(19,20)21)11-5-8-14-7-2-3-10-16(14)17/h13-16H,2-12H2,1H3. The molecule has 3 aliphatic rings. The molecule has 0 radical (unpaired) electrons. The van der Waals surface area contributed by atoms with Crippen LogP contribution in [0.2, 0.25) is 0 Å². The van der Waals surface area contributed by atoms with Crippen molar-refractivity contribution in [2.75, 3.05) is 0 Å². The Morgan fingerprint density at radius 2 is 1.57 bits per heavy atom. The molecule has 0 N–H and O–H groups in total. The Hall–Kier alpha value is -0.210. The second-order valence-electron chi connectivity index (χ2n) is 8.05. The van der Waals surface area contributed by atoms with Gasteiger partial charge in [-0.15, -0.1) is 0 Å². The Morgan fingerprint density at radius 3 is 2.29 bits per heavy atom. The summed E-state index contributed by atoms with van der Waals surface area (Å²) in [5.74, 6) is 0.653. The zero-order valence-corrected chi connectivity index (χ0v) is 13.2. The summed E-state index contributed by atoms with van der Waals surface area (Å²) in [6.07, 6.45) is 6.04. The third-order valence-corrected chi connectivity index (χ3v) is 6.93. The molecule has 3 fully saturated rings. The van der Waals surface area contributed by atoms with Gasteiger partial charge in [-0.05, 0) is 49.4 Å². The van der Waals surface area contributed by atoms with Crippen LogP contribution in [0.4, 0.5) is 13.2 Å². The first-order valence-electron chi connectivity index (χ1n) is 9.02. The van der Waals surface area contributed by atoms with Crippen LogP contribution in [-0.2, 0) is 0 Å². The van der Waals surface area contributed by atoms with Gasteiger partial charge in [0, 0.05) is 0 Å². The van der Waals surface area contributed by atoms with Crippen LogP contribution in [0.1, 0.15) is 77.6 Å². The fraction of sp³-hybridized carbons (Fsp3) is 1.00. The molecule has 0 aliphatic heterocycles. The molecule has 5 unspecified atom stereocenters. The van der Waals surface area contributed by atoms with E-state index in [1.807, 2.05) is 0 Å². The predicted molar refractivity (Wildman–Crippen MR) is 78.9 cm³/mol. The molecular formula is C18H29F3. The molecule has 3 saturated carbocycles. The predicted octanol–water partition coefficient (Wildman–Crippen LogP) is 6.35. The van der Waals surface area contributed by atoms with E-state index in [0.717, 1.165) is 64.2 Å². The summed E-state index contributed by atoms with van der Waals surface area (Å²) >= 11 is 0. The van der Waals surface area contributed by atoms with Crippen molar-refractivity contribution in [3.8, 4) is 0 Å². The van der Waals surface area contributed by atoms with Crippen molar-refractivity contribution < 1.29 is 13.2 Å². The van der Waals surface area contributed by atoms with E-state index in [1.54, 1.807) is 0 Å². The van der Waals surface area contributed by atoms with Crippen molar-refractivity contribution >= 4 is 0 Å². The van der Waals surface area contributed by atoms with Crippen LogP contribution in [0, 0.1) is 29.1 Å². The summed E-state index contributed by atoms with van der Waals surface area (Å²) in [5.41, 5.74) is -1.34. The van der Waals surface area contributed by atoms with Crippen molar-refractivity contribution in [3.63, 3.8) is 0 Å². The van der Waals surface area contributed by atoms with E-state index in [2.05, 4.69) is 6.92 Å². The van der Waals surface area contributed by atoms with Gasteiger partial charge < -0.3 is 0 Å². The molecule has 0 aromatic carbocycles. The van der Waals surface area contributed by atoms with Crippen LogP contribution in [0.3, 0.4) is 0 Å². The summed E-state index contributed by atoms with van der Waals surface area (Å²) in [6, 6.07) is 0. The number of halogens is 3. The second kappa shape index (κ2) is 5.77. The van der Waals surface area contributed by atoms with Crippen LogP contribution in [-0.4, -0.2) is 6.18 Å². The average molecular weight is 302 g/mol. The minimum absolute atomic E-state index is 0.0738. The molecular weight excluding hydrogens is 273 g/mol. The second-order valence-corrected chi connectivity index (χ2v) is 8.05. The first kappa shape index (κ1) is 15.7. The molecule has 5 atom stereocenters. The maximum atomic E-state index is 14.3. The third kappa shape index (κ3) is 2.63. The summed E-state index contributed by atoms with van der Waals surface area (Å²) < 4.78 is 42.8. The van der Waals surface area contributed by atoms with Gasteiger partial charge in [0.1, 0.15) is 0 Å². The van der Waals surface area contributed by atoms with E-state index in [9.17, 15) is 13.2 Å². The Balaban J connectivity index is 1.95. The SMILES string of the molecule is CC1CCCC(C2(C(F)(F)F)CCCC3CCCCC32)C1. The van der Waals surface area contributed by atoms with E-state index >= 15 is 0 Å². The molecule has 3 aliphatic carbocycles. The summed E-state index contributed by atoms with van der Waals surface area (Å²) in [6.45, 7) is 2.15. The van der Waals surface area contributed by atoms with Gasteiger partial charge in [-0.3, -0.25) is 0 Å². The Bertz CT molecular complexity index is 360. The number of hydrogen-bond donors (Lipinski definition) is 0. The van der Waals surface area contributed by atoms with Gasteiger partial charge in [0.25, 0.3) is 0 Å². The lowest BCUT2D eigenvalue weighted by atomic mass is 9.50. The highest BCUT2D eigenvalue weighted by Crippen LogP contribution is 2.64. The largest absolute Gasteiger partial charge is 0.395 e. The quantitative estimate of drug-likeness (QED) is 0.529. The monoisotopic (exact) mass is 302 g/mol. The fourth-order valence-electron chi connectivity index (χ4n) is 6.07. The lowest BCUT2D eigenvalue weighted by Gasteiger charge is -2.56. The number of rotatable bonds is 1. The van der Waals surface area contributed by atoms with Crippen LogP contribution in [0.25, 0.3) is 0 Å². The molecule has 21 heavy (non-hydrogen) atoms. The Kier molecular flexibility index (Phi) is 4.31. The van der Waals surface area contributed by atoms with Crippen LogP contribution in [0.5, 0.6) is 0 Å². The zero-order chi connectivity index (χ0) is 15.1. The lowest BCUT2D eigenvalue weighted by Crippen LogP contribution is -2.55. The van der Waals surface area contributed by atoms with Crippen LogP contribution < -0.4 is 0 Å². The van der Waals surface area contributed by atoms with Crippen molar-refractivity contribution in [3.05, 3.63) is 0 Å². The molecule has 0 aromatic rings. The van der Waals surface area contributed by atoms with Gasteiger partial charge in [0.15, 0.2) is 0 Å². The number of fused-ring (bicyclic) bond motifs is 1. The van der Waals surface area contributed by atoms with Crippen LogP contribution in [0.15, 0.2) is 0 Å². The maximum absolute atomic E-state index is 14.3. The first-order chi connectivity index (χ1) is 9.95. The zero-order valence-electron chi connectivity index (χ0n) is 13.2. The fourth-order valence-corrected chi connectivity index (χ4v) is 6.07. The van der Waals surface area contributed by atoms with Gasteiger partial charge >= 0.3 is 6.18 Å². The minimum Gasteiger partial charge on any atom is -0.170 e. The summed E-state index contributed by atoms with van der Waals surface area (Å²) in [7, 11) is 0. The minimum atomic E-state index is -4.00. The molecule has 0 nitrogen and oxygen atoms in total. The number of hydrogen-bond acceptors (Lipinski definition) is 0. The highest BCUT2D eigenvalue weighted by atomic mass is 19.4. The summed E-state index contributed by atoms with van der Waals surface area (Å²) in [5, 5.41) is 0. The van der Waals surface area contributed by atoms with E-state index in [1.165, 1.54) is 0 Å². The molecule has 0 saturated heterocycles. The van der Waals surface area contributed by atoms with E-state index in [0.29, 0.717) is 18.3 Å². The van der Waals surface area contributed by atoms with Gasteiger partial charge in [0.05, 0.1) is 5.41 Å². The van der Waals surface area contributed by atoms with Crippen molar-refractivity contribution in [1.29, 1.82) is 0 Å².